The van der Waals surface area contributed by atoms with Crippen molar-refractivity contribution in [3.8, 4) is 6.07 Å². The van der Waals surface area contributed by atoms with Gasteiger partial charge in [-0.3, -0.25) is 14.7 Å². The van der Waals surface area contributed by atoms with Crippen LogP contribution in [-0.4, -0.2) is 26.5 Å². The lowest BCUT2D eigenvalue weighted by Crippen LogP contribution is -2.55. The van der Waals surface area contributed by atoms with Gasteiger partial charge in [0.05, 0.1) is 34.2 Å². The molecule has 1 aromatic carbocycles. The van der Waals surface area contributed by atoms with Crippen LogP contribution in [0.15, 0.2) is 54.7 Å². The van der Waals surface area contributed by atoms with E-state index < -0.39 is 40.3 Å². The maximum Gasteiger partial charge on any atom is 0.420 e. The molecular weight excluding hydrogens is 562 g/mol. The zero-order valence-electron chi connectivity index (χ0n) is 21.5. The van der Waals surface area contributed by atoms with Crippen molar-refractivity contribution in [1.29, 1.82) is 5.26 Å². The third-order valence-electron chi connectivity index (χ3n) is 6.73. The molecule has 40 heavy (non-hydrogen) atoms. The number of nitrogens with zero attached hydrogens (tertiary/aromatic N) is 5. The van der Waals surface area contributed by atoms with E-state index in [9.17, 15) is 18.0 Å². The molecule has 1 aliphatic heterocycles. The van der Waals surface area contributed by atoms with Crippen LogP contribution in [0, 0.1) is 17.1 Å². The van der Waals surface area contributed by atoms with Crippen molar-refractivity contribution < 1.29 is 22.4 Å². The van der Waals surface area contributed by atoms with E-state index in [-0.39, 0.29) is 5.11 Å². The molecule has 0 radical (unpaired) electrons. The first-order chi connectivity index (χ1) is 19.1. The van der Waals surface area contributed by atoms with Crippen LogP contribution in [0.3, 0.4) is 0 Å². The van der Waals surface area contributed by atoms with E-state index in [1.54, 1.807) is 40.8 Å². The molecular formula is C28H25F4N5OS2. The molecule has 2 aliphatic rings. The highest BCUT2D eigenvalue weighted by Crippen LogP contribution is 2.49. The quantitative estimate of drug-likeness (QED) is 0.176. The topological polar surface area (TPSA) is 73.1 Å². The Kier molecular flexibility index (Phi) is 8.65. The van der Waals surface area contributed by atoms with Gasteiger partial charge >= 0.3 is 6.18 Å². The number of hydrogen-bond donors (Lipinski definition) is 0. The minimum absolute atomic E-state index is 0.125. The molecule has 0 atom stereocenters. The maximum atomic E-state index is 15.2. The fourth-order valence-electron chi connectivity index (χ4n) is 4.79. The van der Waals surface area contributed by atoms with E-state index >= 15 is 4.39 Å². The summed E-state index contributed by atoms with van der Waals surface area (Å²) in [7, 11) is 0. The minimum Gasteiger partial charge on any atom is -0.301 e. The van der Waals surface area contributed by atoms with Crippen LogP contribution < -0.4 is 9.80 Å². The summed E-state index contributed by atoms with van der Waals surface area (Å²) in [6, 6.07) is 6.81. The Morgan fingerprint density at radius 3 is 2.48 bits per heavy atom. The van der Waals surface area contributed by atoms with Crippen molar-refractivity contribution in [3.63, 3.8) is 0 Å². The number of anilines is 2. The van der Waals surface area contributed by atoms with E-state index in [1.165, 1.54) is 6.07 Å². The van der Waals surface area contributed by atoms with E-state index in [0.717, 1.165) is 47.0 Å². The molecule has 3 heterocycles. The van der Waals surface area contributed by atoms with Gasteiger partial charge < -0.3 is 4.90 Å². The second kappa shape index (κ2) is 11.8. The van der Waals surface area contributed by atoms with Crippen LogP contribution in [0.25, 0.3) is 0 Å². The molecule has 1 saturated heterocycles. The number of thiocarbonyl (C=S) groups is 1. The number of aryl methyl sites for hydroxylation is 2. The smallest absolute Gasteiger partial charge is 0.301 e. The van der Waals surface area contributed by atoms with Crippen LogP contribution in [0.5, 0.6) is 0 Å². The number of hydrogen-bond acceptors (Lipinski definition) is 6. The van der Waals surface area contributed by atoms with Gasteiger partial charge in [-0.2, -0.15) is 18.4 Å². The van der Waals surface area contributed by atoms with E-state index in [1.807, 2.05) is 18.4 Å². The van der Waals surface area contributed by atoms with Gasteiger partial charge in [-0.05, 0) is 81.9 Å². The highest BCUT2D eigenvalue weighted by atomic mass is 32.1. The Balaban J connectivity index is 0.00000118. The van der Waals surface area contributed by atoms with Crippen molar-refractivity contribution in [3.05, 3.63) is 82.3 Å². The number of alkyl halides is 3. The summed E-state index contributed by atoms with van der Waals surface area (Å²) >= 11 is 7.14. The molecule has 0 bridgehead atoms. The van der Waals surface area contributed by atoms with Crippen LogP contribution in [0.1, 0.15) is 54.4 Å². The fraction of sp³-hybridized carbons (Fsp3) is 0.321. The number of rotatable bonds is 6. The number of aromatic nitrogens is 2. The number of nitriles is 1. The van der Waals surface area contributed by atoms with Gasteiger partial charge in [0.2, 0.25) is 0 Å². The predicted octanol–water partition coefficient (Wildman–Crippen LogP) is 7.00. The average molecular weight is 588 g/mol. The Morgan fingerprint density at radius 2 is 1.95 bits per heavy atom. The SMILES string of the molecule is C=CC.N#Cc1ccc(N2C(=O)C3(CCC3)N(c3ccc(CCCc4nccs4)nc3)C2=S)c(F)c1C(F)(F)F. The second-order valence-corrected chi connectivity index (χ2v) is 10.6. The summed E-state index contributed by atoms with van der Waals surface area (Å²) in [5.41, 5.74) is -2.96. The zero-order chi connectivity index (χ0) is 29.1. The largest absolute Gasteiger partial charge is 0.420 e. The summed E-state index contributed by atoms with van der Waals surface area (Å²) in [6.07, 6.45) is 3.94. The van der Waals surface area contributed by atoms with Gasteiger partial charge in [-0.1, -0.05) is 6.08 Å². The molecule has 1 saturated carbocycles. The normalized spacial score (nSPS) is 15.9. The van der Waals surface area contributed by atoms with Crippen LogP contribution in [-0.2, 0) is 23.8 Å². The molecule has 2 fully saturated rings. The Labute approximate surface area is 238 Å². The average Bonchev–Trinajstić information content (AvgIpc) is 3.48. The molecule has 5 rings (SSSR count). The standard InChI is InChI=1S/C25H19F4N5OS2.C3H6/c26-21-18(8-5-15(13-30)20(21)25(27,28)29)33-22(35)24(9-2-10-24)34(23(33)36)17-7-6-16(32-14-17)3-1-4-19-31-11-12-37-19;1-3-2/h5-8,11-12,14H,1-4,9-10H2;3H,1H2,2H3. The Morgan fingerprint density at radius 1 is 1.23 bits per heavy atom. The van der Waals surface area contributed by atoms with Gasteiger partial charge in [0.1, 0.15) is 11.1 Å². The van der Waals surface area contributed by atoms with Crippen molar-refractivity contribution in [2.75, 3.05) is 9.80 Å². The molecule has 1 aliphatic carbocycles. The highest BCUT2D eigenvalue weighted by molar-refractivity contribution is 7.81. The predicted molar refractivity (Wildman–Crippen MR) is 150 cm³/mol. The van der Waals surface area contributed by atoms with Crippen molar-refractivity contribution >= 4 is 45.9 Å². The van der Waals surface area contributed by atoms with Crippen molar-refractivity contribution in [2.24, 2.45) is 0 Å². The number of pyridine rings is 1. The summed E-state index contributed by atoms with van der Waals surface area (Å²) < 4.78 is 56.0. The third-order valence-corrected chi connectivity index (χ3v) is 7.94. The maximum absolute atomic E-state index is 15.2. The van der Waals surface area contributed by atoms with E-state index in [2.05, 4.69) is 16.5 Å². The second-order valence-electron chi connectivity index (χ2n) is 9.27. The first kappa shape index (κ1) is 29.3. The lowest BCUT2D eigenvalue weighted by molar-refractivity contribution is -0.140. The Hall–Kier alpha value is -3.69. The zero-order valence-corrected chi connectivity index (χ0v) is 23.2. The number of carbonyl (C=O) groups excluding carboxylic acids is 1. The van der Waals surface area contributed by atoms with Gasteiger partial charge in [-0.25, -0.2) is 9.37 Å². The summed E-state index contributed by atoms with van der Waals surface area (Å²) in [5.74, 6) is -2.29. The number of allylic oxidation sites excluding steroid dienone is 1. The number of benzene rings is 1. The molecule has 0 N–H and O–H groups in total. The molecule has 1 amide bonds. The third kappa shape index (κ3) is 5.36. The van der Waals surface area contributed by atoms with Gasteiger partial charge in [0.25, 0.3) is 5.91 Å². The Bertz CT molecular complexity index is 1450. The minimum atomic E-state index is -5.12. The van der Waals surface area contributed by atoms with Gasteiger partial charge in [-0.15, -0.1) is 17.9 Å². The van der Waals surface area contributed by atoms with Crippen molar-refractivity contribution in [1.82, 2.24) is 9.97 Å². The summed E-state index contributed by atoms with van der Waals surface area (Å²) in [5, 5.41) is 11.9. The molecule has 2 aromatic heterocycles. The lowest BCUT2D eigenvalue weighted by atomic mass is 9.75. The van der Waals surface area contributed by atoms with E-state index in [4.69, 9.17) is 17.5 Å². The number of carbonyl (C=O) groups is 1. The number of thiazole rings is 1. The molecule has 1 spiro atoms. The number of halogens is 4. The molecule has 0 unspecified atom stereocenters. The number of amides is 1. The van der Waals surface area contributed by atoms with E-state index in [0.29, 0.717) is 24.9 Å². The van der Waals surface area contributed by atoms with Gasteiger partial charge in [0, 0.05) is 17.3 Å². The summed E-state index contributed by atoms with van der Waals surface area (Å²) in [6.45, 7) is 5.25. The van der Waals surface area contributed by atoms with Crippen LogP contribution >= 0.6 is 23.6 Å². The lowest BCUT2D eigenvalue weighted by Gasteiger charge is -2.42. The van der Waals surface area contributed by atoms with Gasteiger partial charge in [0.15, 0.2) is 10.9 Å². The first-order valence-electron chi connectivity index (χ1n) is 12.5. The fourth-order valence-corrected chi connectivity index (χ4v) is 5.92. The molecule has 208 valence electrons. The monoisotopic (exact) mass is 587 g/mol. The molecule has 3 aromatic rings. The molecule has 12 heteroatoms. The summed E-state index contributed by atoms with van der Waals surface area (Å²) in [4.78, 5) is 24.7. The first-order valence-corrected chi connectivity index (χ1v) is 13.8. The van der Waals surface area contributed by atoms with Crippen molar-refractivity contribution in [2.45, 2.75) is 57.2 Å². The molecule has 6 nitrogen and oxygen atoms in total. The highest BCUT2D eigenvalue weighted by Gasteiger charge is 2.60. The van der Waals surface area contributed by atoms with Crippen LogP contribution in [0.4, 0.5) is 28.9 Å². The van der Waals surface area contributed by atoms with Crippen LogP contribution in [0.2, 0.25) is 0 Å².